The second kappa shape index (κ2) is 3.74. The SMILES string of the molecule is Cc1ncsc1CNC1CC(N)C1. The lowest BCUT2D eigenvalue weighted by Crippen LogP contribution is -2.48. The molecular weight excluding hydrogens is 182 g/mol. The third-order valence-electron chi connectivity index (χ3n) is 2.57. The maximum Gasteiger partial charge on any atom is 0.0798 e. The van der Waals surface area contributed by atoms with Crippen LogP contribution in [0.2, 0.25) is 0 Å². The molecule has 1 heterocycles. The Morgan fingerprint density at radius 2 is 2.46 bits per heavy atom. The third kappa shape index (κ3) is 2.07. The van der Waals surface area contributed by atoms with E-state index >= 15 is 0 Å². The van der Waals surface area contributed by atoms with E-state index in [2.05, 4.69) is 17.2 Å². The molecule has 3 N–H and O–H groups in total. The van der Waals surface area contributed by atoms with E-state index in [0.717, 1.165) is 25.1 Å². The van der Waals surface area contributed by atoms with Crippen LogP contribution in [0.3, 0.4) is 0 Å². The van der Waals surface area contributed by atoms with Gasteiger partial charge in [0.2, 0.25) is 0 Å². The molecule has 0 spiro atoms. The van der Waals surface area contributed by atoms with E-state index < -0.39 is 0 Å². The van der Waals surface area contributed by atoms with Gasteiger partial charge in [-0.25, -0.2) is 4.98 Å². The number of hydrogen-bond acceptors (Lipinski definition) is 4. The summed E-state index contributed by atoms with van der Waals surface area (Å²) in [5.74, 6) is 0. The van der Waals surface area contributed by atoms with E-state index in [1.165, 1.54) is 4.88 Å². The van der Waals surface area contributed by atoms with E-state index in [-0.39, 0.29) is 0 Å². The molecule has 0 unspecified atom stereocenters. The molecule has 13 heavy (non-hydrogen) atoms. The molecule has 1 fully saturated rings. The summed E-state index contributed by atoms with van der Waals surface area (Å²) in [5, 5.41) is 3.48. The molecule has 0 aromatic carbocycles. The van der Waals surface area contributed by atoms with Crippen LogP contribution in [0.1, 0.15) is 23.4 Å². The zero-order chi connectivity index (χ0) is 9.26. The van der Waals surface area contributed by atoms with Gasteiger partial charge in [0.05, 0.1) is 11.2 Å². The Hall–Kier alpha value is -0.450. The highest BCUT2D eigenvalue weighted by Crippen LogP contribution is 2.19. The average molecular weight is 197 g/mol. The highest BCUT2D eigenvalue weighted by atomic mass is 32.1. The molecule has 0 saturated heterocycles. The highest BCUT2D eigenvalue weighted by molar-refractivity contribution is 7.09. The van der Waals surface area contributed by atoms with Crippen LogP contribution in [0.15, 0.2) is 5.51 Å². The van der Waals surface area contributed by atoms with Crippen LogP contribution >= 0.6 is 11.3 Å². The molecule has 1 aliphatic carbocycles. The van der Waals surface area contributed by atoms with Crippen LogP contribution in [0.5, 0.6) is 0 Å². The van der Waals surface area contributed by atoms with Crippen molar-refractivity contribution in [1.82, 2.24) is 10.3 Å². The molecule has 0 bridgehead atoms. The van der Waals surface area contributed by atoms with Gasteiger partial charge in [-0.1, -0.05) is 0 Å². The Labute approximate surface area is 82.4 Å². The molecule has 0 aliphatic heterocycles. The van der Waals surface area contributed by atoms with Gasteiger partial charge < -0.3 is 11.1 Å². The average Bonchev–Trinajstić information content (AvgIpc) is 2.43. The van der Waals surface area contributed by atoms with Crippen LogP contribution in [0.25, 0.3) is 0 Å². The molecule has 0 radical (unpaired) electrons. The fraction of sp³-hybridized carbons (Fsp3) is 0.667. The smallest absolute Gasteiger partial charge is 0.0798 e. The first kappa shape index (κ1) is 9.12. The summed E-state index contributed by atoms with van der Waals surface area (Å²) < 4.78 is 0. The number of nitrogens with two attached hydrogens (primary N) is 1. The van der Waals surface area contributed by atoms with Gasteiger partial charge in [-0.2, -0.15) is 0 Å². The summed E-state index contributed by atoms with van der Waals surface area (Å²) in [5.41, 5.74) is 8.75. The van der Waals surface area contributed by atoms with Crippen molar-refractivity contribution in [3.63, 3.8) is 0 Å². The fourth-order valence-electron chi connectivity index (χ4n) is 1.56. The minimum absolute atomic E-state index is 0.431. The first-order valence-electron chi connectivity index (χ1n) is 4.63. The zero-order valence-electron chi connectivity index (χ0n) is 7.79. The van der Waals surface area contributed by atoms with Gasteiger partial charge >= 0.3 is 0 Å². The van der Waals surface area contributed by atoms with Crippen LogP contribution in [-0.4, -0.2) is 17.1 Å². The molecule has 1 aromatic rings. The molecule has 1 aliphatic rings. The molecule has 3 nitrogen and oxygen atoms in total. The van der Waals surface area contributed by atoms with Crippen molar-refractivity contribution in [2.24, 2.45) is 5.73 Å². The Balaban J connectivity index is 1.77. The summed E-state index contributed by atoms with van der Waals surface area (Å²) in [7, 11) is 0. The number of hydrogen-bond donors (Lipinski definition) is 2. The number of nitrogens with one attached hydrogen (secondary N) is 1. The topological polar surface area (TPSA) is 50.9 Å². The summed E-state index contributed by atoms with van der Waals surface area (Å²) in [6.07, 6.45) is 2.25. The highest BCUT2D eigenvalue weighted by Gasteiger charge is 2.25. The minimum atomic E-state index is 0.431. The second-order valence-corrected chi connectivity index (χ2v) is 4.61. The largest absolute Gasteiger partial charge is 0.328 e. The van der Waals surface area contributed by atoms with Crippen molar-refractivity contribution in [2.75, 3.05) is 0 Å². The standard InChI is InChI=1S/C9H15N3S/c1-6-9(13-5-12-6)4-11-8-2-7(10)3-8/h5,7-8,11H,2-4,10H2,1H3. The van der Waals surface area contributed by atoms with Gasteiger partial charge in [0.15, 0.2) is 0 Å². The molecule has 1 saturated carbocycles. The van der Waals surface area contributed by atoms with Crippen molar-refractivity contribution in [3.05, 3.63) is 16.1 Å². The van der Waals surface area contributed by atoms with Crippen LogP contribution < -0.4 is 11.1 Å². The lowest BCUT2D eigenvalue weighted by molar-refractivity contribution is 0.291. The Kier molecular flexibility index (Phi) is 2.62. The van der Waals surface area contributed by atoms with Crippen molar-refractivity contribution < 1.29 is 0 Å². The summed E-state index contributed by atoms with van der Waals surface area (Å²) in [4.78, 5) is 5.55. The predicted octanol–water partition coefficient (Wildman–Crippen LogP) is 1.03. The molecule has 1 aromatic heterocycles. The van der Waals surface area contributed by atoms with Gasteiger partial charge in [-0.05, 0) is 19.8 Å². The van der Waals surface area contributed by atoms with E-state index in [1.54, 1.807) is 11.3 Å². The zero-order valence-corrected chi connectivity index (χ0v) is 8.60. The van der Waals surface area contributed by atoms with E-state index in [9.17, 15) is 0 Å². The van der Waals surface area contributed by atoms with Gasteiger partial charge in [-0.15, -0.1) is 11.3 Å². The second-order valence-electron chi connectivity index (χ2n) is 3.67. The van der Waals surface area contributed by atoms with E-state index in [4.69, 9.17) is 5.73 Å². The fourth-order valence-corrected chi connectivity index (χ4v) is 2.29. The van der Waals surface area contributed by atoms with Crippen LogP contribution in [0.4, 0.5) is 0 Å². The molecular formula is C9H15N3S. The minimum Gasteiger partial charge on any atom is -0.328 e. The third-order valence-corrected chi connectivity index (χ3v) is 3.51. The van der Waals surface area contributed by atoms with Crippen molar-refractivity contribution in [1.29, 1.82) is 0 Å². The normalized spacial score (nSPS) is 27.2. The molecule has 2 rings (SSSR count). The van der Waals surface area contributed by atoms with Gasteiger partial charge in [0, 0.05) is 23.5 Å². The molecule has 0 atom stereocenters. The number of rotatable bonds is 3. The number of nitrogens with zero attached hydrogens (tertiary/aromatic N) is 1. The number of aryl methyl sites for hydroxylation is 1. The maximum atomic E-state index is 5.70. The molecule has 4 heteroatoms. The first-order chi connectivity index (χ1) is 6.25. The van der Waals surface area contributed by atoms with Crippen molar-refractivity contribution in [2.45, 2.75) is 38.4 Å². The van der Waals surface area contributed by atoms with Gasteiger partial charge in [0.25, 0.3) is 0 Å². The summed E-state index contributed by atoms with van der Waals surface area (Å²) in [6.45, 7) is 3.01. The first-order valence-corrected chi connectivity index (χ1v) is 5.51. The van der Waals surface area contributed by atoms with Crippen LogP contribution in [0, 0.1) is 6.92 Å². The van der Waals surface area contributed by atoms with Gasteiger partial charge in [-0.3, -0.25) is 0 Å². The summed E-state index contributed by atoms with van der Waals surface area (Å²) in [6, 6.07) is 1.07. The quantitative estimate of drug-likeness (QED) is 0.761. The Morgan fingerprint density at radius 3 is 3.00 bits per heavy atom. The van der Waals surface area contributed by atoms with E-state index in [0.29, 0.717) is 12.1 Å². The lowest BCUT2D eigenvalue weighted by atomic mass is 9.88. The monoisotopic (exact) mass is 197 g/mol. The molecule has 72 valence electrons. The van der Waals surface area contributed by atoms with Crippen molar-refractivity contribution >= 4 is 11.3 Å². The maximum absolute atomic E-state index is 5.70. The summed E-state index contributed by atoms with van der Waals surface area (Å²) >= 11 is 1.72. The van der Waals surface area contributed by atoms with Crippen LogP contribution in [-0.2, 0) is 6.54 Å². The molecule has 0 amide bonds. The number of thiazole rings is 1. The van der Waals surface area contributed by atoms with Gasteiger partial charge in [0.1, 0.15) is 0 Å². The number of aromatic nitrogens is 1. The lowest BCUT2D eigenvalue weighted by Gasteiger charge is -2.33. The van der Waals surface area contributed by atoms with E-state index in [1.807, 2.05) is 5.51 Å². The van der Waals surface area contributed by atoms with Crippen molar-refractivity contribution in [3.8, 4) is 0 Å². The Morgan fingerprint density at radius 1 is 1.69 bits per heavy atom. The predicted molar refractivity (Wildman–Crippen MR) is 54.7 cm³/mol. The Bertz CT molecular complexity index is 278.